The standard InChI is InChI=1S/C18H19N3O/c1-13-16-5-3-9-20(16)10-11-21(13)12-15-8-7-14-4-2-6-17(22)18(14)19-15/h2-9,13,22H,10-12H2,1H3/t13-/m1/s1. The van der Waals surface area contributed by atoms with Crippen molar-refractivity contribution < 1.29 is 5.11 Å². The van der Waals surface area contributed by atoms with Gasteiger partial charge in [-0.3, -0.25) is 4.90 Å². The van der Waals surface area contributed by atoms with Crippen LogP contribution < -0.4 is 0 Å². The molecule has 112 valence electrons. The fourth-order valence-electron chi connectivity index (χ4n) is 3.31. The molecule has 0 spiro atoms. The Balaban J connectivity index is 1.63. The van der Waals surface area contributed by atoms with E-state index in [1.807, 2.05) is 18.2 Å². The van der Waals surface area contributed by atoms with Crippen LogP contribution in [0.1, 0.15) is 24.4 Å². The Labute approximate surface area is 129 Å². The van der Waals surface area contributed by atoms with Gasteiger partial charge in [-0.1, -0.05) is 18.2 Å². The first-order valence-corrected chi connectivity index (χ1v) is 7.69. The summed E-state index contributed by atoms with van der Waals surface area (Å²) in [7, 11) is 0. The Morgan fingerprint density at radius 3 is 2.95 bits per heavy atom. The number of pyridine rings is 1. The first kappa shape index (κ1) is 13.3. The van der Waals surface area contributed by atoms with Gasteiger partial charge < -0.3 is 9.67 Å². The van der Waals surface area contributed by atoms with Gasteiger partial charge in [0.05, 0.1) is 5.69 Å². The predicted octanol–water partition coefficient (Wildman–Crippen LogP) is 3.32. The number of nitrogens with zero attached hydrogens (tertiary/aromatic N) is 3. The zero-order valence-electron chi connectivity index (χ0n) is 12.6. The highest BCUT2D eigenvalue weighted by atomic mass is 16.3. The lowest BCUT2D eigenvalue weighted by atomic mass is 10.1. The number of rotatable bonds is 2. The highest BCUT2D eigenvalue weighted by Crippen LogP contribution is 2.28. The smallest absolute Gasteiger partial charge is 0.141 e. The number of hydrogen-bond donors (Lipinski definition) is 1. The summed E-state index contributed by atoms with van der Waals surface area (Å²) < 4.78 is 2.32. The molecule has 4 heteroatoms. The van der Waals surface area contributed by atoms with Crippen molar-refractivity contribution >= 4 is 10.9 Å². The number of phenols is 1. The molecule has 4 rings (SSSR count). The molecule has 0 radical (unpaired) electrons. The lowest BCUT2D eigenvalue weighted by molar-refractivity contribution is 0.159. The van der Waals surface area contributed by atoms with E-state index in [4.69, 9.17) is 0 Å². The molecule has 0 amide bonds. The molecule has 3 heterocycles. The summed E-state index contributed by atoms with van der Waals surface area (Å²) >= 11 is 0. The van der Waals surface area contributed by atoms with Crippen LogP contribution in [-0.2, 0) is 13.1 Å². The van der Waals surface area contributed by atoms with Crippen molar-refractivity contribution in [3.05, 3.63) is 60.0 Å². The number of phenolic OH excluding ortho intramolecular Hbond substituents is 1. The van der Waals surface area contributed by atoms with Crippen molar-refractivity contribution in [2.45, 2.75) is 26.1 Å². The van der Waals surface area contributed by atoms with Crippen LogP contribution in [0.5, 0.6) is 5.75 Å². The average molecular weight is 293 g/mol. The predicted molar refractivity (Wildman–Crippen MR) is 86.7 cm³/mol. The molecule has 1 aromatic carbocycles. The average Bonchev–Trinajstić information content (AvgIpc) is 3.00. The third-order valence-corrected chi connectivity index (χ3v) is 4.59. The van der Waals surface area contributed by atoms with Crippen LogP contribution in [0.4, 0.5) is 0 Å². The van der Waals surface area contributed by atoms with Gasteiger partial charge >= 0.3 is 0 Å². The second-order valence-electron chi connectivity index (χ2n) is 5.92. The molecule has 1 aliphatic heterocycles. The van der Waals surface area contributed by atoms with Gasteiger partial charge in [0.2, 0.25) is 0 Å². The molecule has 3 aromatic rings. The largest absolute Gasteiger partial charge is 0.506 e. The van der Waals surface area contributed by atoms with Crippen molar-refractivity contribution in [1.29, 1.82) is 0 Å². The second-order valence-corrected chi connectivity index (χ2v) is 5.92. The number of fused-ring (bicyclic) bond motifs is 2. The molecule has 2 aromatic heterocycles. The van der Waals surface area contributed by atoms with E-state index in [9.17, 15) is 5.11 Å². The lowest BCUT2D eigenvalue weighted by Gasteiger charge is -2.34. The quantitative estimate of drug-likeness (QED) is 0.788. The summed E-state index contributed by atoms with van der Waals surface area (Å²) in [4.78, 5) is 7.08. The minimum absolute atomic E-state index is 0.250. The van der Waals surface area contributed by atoms with E-state index in [0.717, 1.165) is 30.7 Å². The molecule has 0 unspecified atom stereocenters. The van der Waals surface area contributed by atoms with E-state index >= 15 is 0 Å². The maximum absolute atomic E-state index is 9.98. The Morgan fingerprint density at radius 1 is 1.14 bits per heavy atom. The first-order valence-electron chi connectivity index (χ1n) is 7.69. The van der Waals surface area contributed by atoms with Crippen LogP contribution in [0.25, 0.3) is 10.9 Å². The van der Waals surface area contributed by atoms with E-state index in [-0.39, 0.29) is 5.75 Å². The second kappa shape index (κ2) is 5.14. The minimum atomic E-state index is 0.250. The van der Waals surface area contributed by atoms with Gasteiger partial charge in [-0.15, -0.1) is 0 Å². The van der Waals surface area contributed by atoms with Crippen LogP contribution in [0.2, 0.25) is 0 Å². The van der Waals surface area contributed by atoms with Crippen molar-refractivity contribution in [3.8, 4) is 5.75 Å². The van der Waals surface area contributed by atoms with Crippen LogP contribution >= 0.6 is 0 Å². The number of para-hydroxylation sites is 1. The number of hydrogen-bond acceptors (Lipinski definition) is 3. The zero-order valence-corrected chi connectivity index (χ0v) is 12.6. The molecular weight excluding hydrogens is 274 g/mol. The summed E-state index contributed by atoms with van der Waals surface area (Å²) in [6, 6.07) is 14.3. The highest BCUT2D eigenvalue weighted by Gasteiger charge is 2.23. The molecule has 22 heavy (non-hydrogen) atoms. The van der Waals surface area contributed by atoms with E-state index < -0.39 is 0 Å². The summed E-state index contributed by atoms with van der Waals surface area (Å²) in [6.07, 6.45) is 2.15. The first-order chi connectivity index (χ1) is 10.7. The number of benzene rings is 1. The molecule has 0 bridgehead atoms. The SMILES string of the molecule is C[C@@H]1c2cccn2CCN1Cc1ccc2cccc(O)c2n1. The Morgan fingerprint density at radius 2 is 2.05 bits per heavy atom. The van der Waals surface area contributed by atoms with Crippen molar-refractivity contribution in [1.82, 2.24) is 14.5 Å². The van der Waals surface area contributed by atoms with Crippen molar-refractivity contribution in [2.75, 3.05) is 6.54 Å². The maximum atomic E-state index is 9.98. The Bertz CT molecular complexity index is 824. The van der Waals surface area contributed by atoms with Crippen LogP contribution in [-0.4, -0.2) is 26.1 Å². The summed E-state index contributed by atoms with van der Waals surface area (Å²) in [5.74, 6) is 0.250. The molecule has 1 aliphatic rings. The van der Waals surface area contributed by atoms with Gasteiger partial charge in [-0.05, 0) is 31.2 Å². The monoisotopic (exact) mass is 293 g/mol. The summed E-state index contributed by atoms with van der Waals surface area (Å²) in [5, 5.41) is 11.0. The van der Waals surface area contributed by atoms with Crippen LogP contribution in [0, 0.1) is 0 Å². The fourth-order valence-corrected chi connectivity index (χ4v) is 3.31. The third kappa shape index (κ3) is 2.16. The van der Waals surface area contributed by atoms with Gasteiger partial charge in [0.25, 0.3) is 0 Å². The molecule has 0 aliphatic carbocycles. The van der Waals surface area contributed by atoms with Crippen LogP contribution in [0.3, 0.4) is 0 Å². The van der Waals surface area contributed by atoms with Crippen molar-refractivity contribution in [3.63, 3.8) is 0 Å². The van der Waals surface area contributed by atoms with E-state index in [1.165, 1.54) is 5.69 Å². The van der Waals surface area contributed by atoms with Crippen molar-refractivity contribution in [2.24, 2.45) is 0 Å². The molecule has 0 fully saturated rings. The number of aromatic hydroxyl groups is 1. The molecular formula is C18H19N3O. The molecule has 1 N–H and O–H groups in total. The fraction of sp³-hybridized carbons (Fsp3) is 0.278. The third-order valence-electron chi connectivity index (χ3n) is 4.59. The molecule has 0 saturated carbocycles. The van der Waals surface area contributed by atoms with Gasteiger partial charge in [-0.25, -0.2) is 4.98 Å². The summed E-state index contributed by atoms with van der Waals surface area (Å²) in [5.41, 5.74) is 3.05. The van der Waals surface area contributed by atoms with E-state index in [1.54, 1.807) is 6.07 Å². The Hall–Kier alpha value is -2.33. The summed E-state index contributed by atoms with van der Waals surface area (Å²) in [6.45, 7) is 5.08. The number of aromatic nitrogens is 2. The maximum Gasteiger partial charge on any atom is 0.141 e. The van der Waals surface area contributed by atoms with Gasteiger partial charge in [0, 0.05) is 43.0 Å². The van der Waals surface area contributed by atoms with Gasteiger partial charge in [-0.2, -0.15) is 0 Å². The van der Waals surface area contributed by atoms with Crippen LogP contribution in [0.15, 0.2) is 48.7 Å². The molecule has 4 nitrogen and oxygen atoms in total. The highest BCUT2D eigenvalue weighted by molar-refractivity contribution is 5.84. The normalized spacial score (nSPS) is 18.5. The lowest BCUT2D eigenvalue weighted by Crippen LogP contribution is -2.36. The zero-order chi connectivity index (χ0) is 15.1. The van der Waals surface area contributed by atoms with E-state index in [0.29, 0.717) is 11.6 Å². The molecule has 0 saturated heterocycles. The van der Waals surface area contributed by atoms with Gasteiger partial charge in [0.1, 0.15) is 11.3 Å². The topological polar surface area (TPSA) is 41.3 Å². The minimum Gasteiger partial charge on any atom is -0.506 e. The van der Waals surface area contributed by atoms with Gasteiger partial charge in [0.15, 0.2) is 0 Å². The van der Waals surface area contributed by atoms with E-state index in [2.05, 4.69) is 45.8 Å². The Kier molecular flexibility index (Phi) is 3.12. The molecule has 1 atom stereocenters.